The third kappa shape index (κ3) is 4.66. The quantitative estimate of drug-likeness (QED) is 0.176. The molecular weight excluding hydrogens is 428 g/mol. The van der Waals surface area contributed by atoms with Crippen LogP contribution in [0.1, 0.15) is 13.3 Å². The summed E-state index contributed by atoms with van der Waals surface area (Å²) in [6, 6.07) is 5.53. The Morgan fingerprint density at radius 3 is 2.90 bits per heavy atom. The summed E-state index contributed by atoms with van der Waals surface area (Å²) < 4.78 is 2.20. The first-order valence-electron chi connectivity index (χ1n) is 8.83. The van der Waals surface area contributed by atoms with Crippen LogP contribution in [-0.4, -0.2) is 30.6 Å². The van der Waals surface area contributed by atoms with Gasteiger partial charge in [0.05, 0.1) is 20.4 Å². The molecule has 10 nitrogen and oxygen atoms in total. The van der Waals surface area contributed by atoms with Crippen LogP contribution in [0, 0.1) is 10.1 Å². The molecule has 0 aliphatic rings. The average Bonchev–Trinajstić information content (AvgIpc) is 3.09. The molecule has 30 heavy (non-hydrogen) atoms. The number of anilines is 2. The fourth-order valence-corrected chi connectivity index (χ4v) is 4.56. The molecule has 0 bridgehead atoms. The van der Waals surface area contributed by atoms with Gasteiger partial charge in [-0.05, 0) is 12.5 Å². The number of carbonyl (C=O) groups excluding carboxylic acids is 1. The van der Waals surface area contributed by atoms with E-state index in [2.05, 4.69) is 21.9 Å². The number of non-ortho nitro benzene ring substituents is 1. The Balaban J connectivity index is 1.82. The van der Waals surface area contributed by atoms with E-state index in [9.17, 15) is 19.7 Å². The number of allylic oxidation sites excluding steroid dienone is 1. The molecule has 3 aromatic rings. The predicted octanol–water partition coefficient (Wildman–Crippen LogP) is 3.04. The Kier molecular flexibility index (Phi) is 6.47. The lowest BCUT2D eigenvalue weighted by atomic mass is 10.3. The van der Waals surface area contributed by atoms with Crippen molar-refractivity contribution in [1.29, 1.82) is 0 Å². The standard InChI is InChI=1S/C18H18N6O4S2/c1-3-7-23-14(19)9-15(25)21-18(23)30-12(4-2)16(26)22-17-20-11-6-5-10(24(27)28)8-13(11)29-17/h3,5-6,8-9,12H,1,4,7,19H2,2H3,(H,20,22,26)/t12-/m1/s1. The lowest BCUT2D eigenvalue weighted by Crippen LogP contribution is -2.26. The molecule has 0 fully saturated rings. The van der Waals surface area contributed by atoms with Crippen molar-refractivity contribution in [2.24, 2.45) is 0 Å². The van der Waals surface area contributed by atoms with Gasteiger partial charge in [0.2, 0.25) is 5.91 Å². The van der Waals surface area contributed by atoms with Gasteiger partial charge in [0, 0.05) is 24.7 Å². The first-order chi connectivity index (χ1) is 14.3. The molecule has 0 unspecified atom stereocenters. The number of nitro groups is 1. The number of hydrogen-bond acceptors (Lipinski definition) is 9. The van der Waals surface area contributed by atoms with Crippen molar-refractivity contribution in [3.63, 3.8) is 0 Å². The summed E-state index contributed by atoms with van der Waals surface area (Å²) in [5.41, 5.74) is 5.93. The molecule has 12 heteroatoms. The molecule has 2 heterocycles. The van der Waals surface area contributed by atoms with Crippen LogP contribution in [0.4, 0.5) is 16.6 Å². The van der Waals surface area contributed by atoms with Crippen LogP contribution in [-0.2, 0) is 11.3 Å². The highest BCUT2D eigenvalue weighted by molar-refractivity contribution is 8.00. The highest BCUT2D eigenvalue weighted by Gasteiger charge is 2.22. The smallest absolute Gasteiger partial charge is 0.275 e. The van der Waals surface area contributed by atoms with Gasteiger partial charge in [0.15, 0.2) is 10.3 Å². The van der Waals surface area contributed by atoms with Gasteiger partial charge in [0.1, 0.15) is 5.82 Å². The topological polar surface area (TPSA) is 146 Å². The van der Waals surface area contributed by atoms with Gasteiger partial charge < -0.3 is 15.6 Å². The van der Waals surface area contributed by atoms with Crippen molar-refractivity contribution >= 4 is 55.9 Å². The predicted molar refractivity (Wildman–Crippen MR) is 118 cm³/mol. The number of thiazole rings is 1. The van der Waals surface area contributed by atoms with Gasteiger partial charge in [0.25, 0.3) is 11.2 Å². The summed E-state index contributed by atoms with van der Waals surface area (Å²) in [7, 11) is 0. The van der Waals surface area contributed by atoms with E-state index in [1.165, 1.54) is 24.3 Å². The molecular formula is C18H18N6O4S2. The van der Waals surface area contributed by atoms with E-state index in [-0.39, 0.29) is 17.4 Å². The van der Waals surface area contributed by atoms with Crippen molar-refractivity contribution < 1.29 is 9.72 Å². The van der Waals surface area contributed by atoms with Gasteiger partial charge in [-0.15, -0.1) is 6.58 Å². The fourth-order valence-electron chi connectivity index (χ4n) is 2.62. The Hall–Kier alpha value is -3.25. The molecule has 1 atom stereocenters. The first-order valence-corrected chi connectivity index (χ1v) is 10.5. The average molecular weight is 447 g/mol. The van der Waals surface area contributed by atoms with Crippen molar-refractivity contribution in [2.75, 3.05) is 11.1 Å². The number of thioether (sulfide) groups is 1. The molecule has 1 aromatic carbocycles. The summed E-state index contributed by atoms with van der Waals surface area (Å²) in [5, 5.41) is 13.8. The minimum absolute atomic E-state index is 0.0426. The molecule has 3 N–H and O–H groups in total. The van der Waals surface area contributed by atoms with Crippen molar-refractivity contribution in [1.82, 2.24) is 14.5 Å². The third-order valence-corrected chi connectivity index (χ3v) is 6.34. The molecule has 3 rings (SSSR count). The van der Waals surface area contributed by atoms with E-state index in [0.29, 0.717) is 33.5 Å². The summed E-state index contributed by atoms with van der Waals surface area (Å²) in [4.78, 5) is 43.3. The number of nitrogens with one attached hydrogen (secondary N) is 1. The maximum atomic E-state index is 12.8. The van der Waals surface area contributed by atoms with Crippen LogP contribution in [0.3, 0.4) is 0 Å². The second-order valence-electron chi connectivity index (χ2n) is 6.13. The zero-order valence-electron chi connectivity index (χ0n) is 15.9. The Morgan fingerprint density at radius 2 is 2.23 bits per heavy atom. The van der Waals surface area contributed by atoms with Crippen molar-refractivity contribution in [2.45, 2.75) is 30.3 Å². The van der Waals surface area contributed by atoms with E-state index < -0.39 is 15.7 Å². The van der Waals surface area contributed by atoms with Crippen LogP contribution < -0.4 is 16.6 Å². The minimum atomic E-state index is -0.559. The van der Waals surface area contributed by atoms with Crippen molar-refractivity contribution in [3.05, 3.63) is 57.4 Å². The number of aromatic nitrogens is 3. The maximum absolute atomic E-state index is 12.8. The number of benzene rings is 1. The van der Waals surface area contributed by atoms with Gasteiger partial charge in [-0.2, -0.15) is 4.98 Å². The fraction of sp³-hybridized carbons (Fsp3) is 0.222. The van der Waals surface area contributed by atoms with E-state index >= 15 is 0 Å². The summed E-state index contributed by atoms with van der Waals surface area (Å²) in [5.74, 6) is -0.0849. The highest BCUT2D eigenvalue weighted by Crippen LogP contribution is 2.31. The van der Waals surface area contributed by atoms with E-state index in [1.807, 2.05) is 6.92 Å². The number of rotatable bonds is 8. The van der Waals surface area contributed by atoms with Crippen LogP contribution >= 0.6 is 23.1 Å². The largest absolute Gasteiger partial charge is 0.385 e. The monoisotopic (exact) mass is 446 g/mol. The van der Waals surface area contributed by atoms with Crippen LogP contribution in [0.15, 0.2) is 46.9 Å². The van der Waals surface area contributed by atoms with Gasteiger partial charge in [-0.1, -0.05) is 36.1 Å². The molecule has 0 spiro atoms. The summed E-state index contributed by atoms with van der Waals surface area (Å²) in [6.45, 7) is 5.85. The molecule has 0 aliphatic carbocycles. The summed E-state index contributed by atoms with van der Waals surface area (Å²) in [6.07, 6.45) is 2.08. The molecule has 156 valence electrons. The van der Waals surface area contributed by atoms with Crippen molar-refractivity contribution in [3.8, 4) is 0 Å². The van der Waals surface area contributed by atoms with Gasteiger partial charge in [-0.25, -0.2) is 4.98 Å². The Bertz CT molecular complexity index is 1190. The second kappa shape index (κ2) is 9.05. The minimum Gasteiger partial charge on any atom is -0.385 e. The first kappa shape index (κ1) is 21.5. The highest BCUT2D eigenvalue weighted by atomic mass is 32.2. The molecule has 0 aliphatic heterocycles. The number of amides is 1. The second-order valence-corrected chi connectivity index (χ2v) is 8.33. The van der Waals surface area contributed by atoms with Crippen LogP contribution in [0.2, 0.25) is 0 Å². The Morgan fingerprint density at radius 1 is 1.47 bits per heavy atom. The zero-order valence-corrected chi connectivity index (χ0v) is 17.5. The lowest BCUT2D eigenvalue weighted by molar-refractivity contribution is -0.384. The lowest BCUT2D eigenvalue weighted by Gasteiger charge is -2.17. The number of nitrogen functional groups attached to an aromatic ring is 1. The van der Waals surface area contributed by atoms with Crippen LogP contribution in [0.25, 0.3) is 10.2 Å². The normalized spacial score (nSPS) is 11.9. The molecule has 1 amide bonds. The maximum Gasteiger partial charge on any atom is 0.275 e. The SMILES string of the molecule is C=CCn1c(N)cc(=O)nc1S[C@H](CC)C(=O)Nc1nc2ccc([N+](=O)[O-])cc2s1. The zero-order chi connectivity index (χ0) is 21.8. The summed E-state index contributed by atoms with van der Waals surface area (Å²) >= 11 is 2.27. The van der Waals surface area contributed by atoms with E-state index in [4.69, 9.17) is 5.73 Å². The van der Waals surface area contributed by atoms with Gasteiger partial charge >= 0.3 is 0 Å². The third-order valence-electron chi connectivity index (χ3n) is 4.06. The number of carbonyl (C=O) groups is 1. The number of nitrogens with two attached hydrogens (primary N) is 1. The van der Waals surface area contributed by atoms with E-state index in [0.717, 1.165) is 23.1 Å². The van der Waals surface area contributed by atoms with E-state index in [1.54, 1.807) is 10.6 Å². The number of fused-ring (bicyclic) bond motifs is 1. The molecule has 2 aromatic heterocycles. The molecule has 0 saturated carbocycles. The number of hydrogen-bond donors (Lipinski definition) is 2. The Labute approximate surface area is 179 Å². The molecule has 0 radical (unpaired) electrons. The molecule has 0 saturated heterocycles. The number of nitro benzene ring substituents is 1. The number of nitrogens with zero attached hydrogens (tertiary/aromatic N) is 4. The van der Waals surface area contributed by atoms with Crippen LogP contribution in [0.5, 0.6) is 0 Å². The van der Waals surface area contributed by atoms with Gasteiger partial charge in [-0.3, -0.25) is 19.7 Å².